The summed E-state index contributed by atoms with van der Waals surface area (Å²) in [6.45, 7) is 3.88. The Hall–Kier alpha value is -2.30. The molecule has 5 nitrogen and oxygen atoms in total. The van der Waals surface area contributed by atoms with Crippen LogP contribution in [0.3, 0.4) is 0 Å². The van der Waals surface area contributed by atoms with Crippen LogP contribution in [0.4, 0.5) is 4.79 Å². The predicted molar refractivity (Wildman–Crippen MR) is 77.5 cm³/mol. The Morgan fingerprint density at radius 3 is 3.00 bits per heavy atom. The van der Waals surface area contributed by atoms with E-state index in [2.05, 4.69) is 21.7 Å². The zero-order chi connectivity index (χ0) is 14.8. The number of hydrogen-bond donors (Lipinski definition) is 0. The summed E-state index contributed by atoms with van der Waals surface area (Å²) in [4.78, 5) is 15.9. The maximum Gasteiger partial charge on any atom is 0.508 e. The van der Waals surface area contributed by atoms with Gasteiger partial charge in [-0.25, -0.2) is 9.78 Å². The lowest BCUT2D eigenvalue weighted by Gasteiger charge is -2.20. The zero-order valence-corrected chi connectivity index (χ0v) is 12.2. The fraction of sp³-hybridized carbons (Fsp3) is 0.375. The lowest BCUT2D eigenvalue weighted by Crippen LogP contribution is -2.15. The SMILES string of the molecule is CCOC(=O)OC(C)c1ncn2c1CCc1ccccc1-2. The highest BCUT2D eigenvalue weighted by molar-refractivity contribution is 5.60. The number of benzene rings is 1. The van der Waals surface area contributed by atoms with Crippen LogP contribution in [0.15, 0.2) is 30.6 Å². The highest BCUT2D eigenvalue weighted by Crippen LogP contribution is 2.29. The van der Waals surface area contributed by atoms with Gasteiger partial charge in [-0.3, -0.25) is 0 Å². The molecule has 0 aliphatic carbocycles. The third-order valence-electron chi connectivity index (χ3n) is 3.70. The first-order chi connectivity index (χ1) is 10.2. The summed E-state index contributed by atoms with van der Waals surface area (Å²) in [5.74, 6) is 0. The molecule has 1 atom stereocenters. The highest BCUT2D eigenvalue weighted by atomic mass is 16.7. The lowest BCUT2D eigenvalue weighted by atomic mass is 10.00. The van der Waals surface area contributed by atoms with Crippen molar-refractivity contribution in [3.05, 3.63) is 47.5 Å². The molecular weight excluding hydrogens is 268 g/mol. The Bertz CT molecular complexity index is 663. The molecule has 1 aromatic carbocycles. The van der Waals surface area contributed by atoms with Crippen LogP contribution >= 0.6 is 0 Å². The Morgan fingerprint density at radius 2 is 2.19 bits per heavy atom. The van der Waals surface area contributed by atoms with Crippen LogP contribution in [0.5, 0.6) is 0 Å². The van der Waals surface area contributed by atoms with Gasteiger partial charge in [0.25, 0.3) is 0 Å². The second-order valence-electron chi connectivity index (χ2n) is 5.02. The second-order valence-corrected chi connectivity index (χ2v) is 5.02. The van der Waals surface area contributed by atoms with Crippen LogP contribution in [0.2, 0.25) is 0 Å². The molecule has 5 heteroatoms. The number of carbonyl (C=O) groups excluding carboxylic acids is 1. The number of fused-ring (bicyclic) bond motifs is 3. The van der Waals surface area contributed by atoms with Gasteiger partial charge in [-0.15, -0.1) is 0 Å². The number of imidazole rings is 1. The summed E-state index contributed by atoms with van der Waals surface area (Å²) >= 11 is 0. The van der Waals surface area contributed by atoms with Gasteiger partial charge in [0.05, 0.1) is 12.9 Å². The van der Waals surface area contributed by atoms with Crippen LogP contribution in [0.1, 0.15) is 36.9 Å². The average molecular weight is 286 g/mol. The van der Waals surface area contributed by atoms with E-state index in [4.69, 9.17) is 9.47 Å². The molecule has 3 rings (SSSR count). The zero-order valence-electron chi connectivity index (χ0n) is 12.2. The fourth-order valence-electron chi connectivity index (χ4n) is 2.75. The molecule has 0 saturated carbocycles. The molecular formula is C16H18N2O3. The number of carbonyl (C=O) groups is 1. The monoisotopic (exact) mass is 286 g/mol. The van der Waals surface area contributed by atoms with Crippen molar-refractivity contribution in [3.63, 3.8) is 0 Å². The largest absolute Gasteiger partial charge is 0.508 e. The molecule has 0 amide bonds. The summed E-state index contributed by atoms with van der Waals surface area (Å²) in [5.41, 5.74) is 4.37. The lowest BCUT2D eigenvalue weighted by molar-refractivity contribution is 0.0302. The molecule has 110 valence electrons. The third-order valence-corrected chi connectivity index (χ3v) is 3.70. The number of nitrogens with zero attached hydrogens (tertiary/aromatic N) is 2. The minimum absolute atomic E-state index is 0.306. The van der Waals surface area contributed by atoms with Gasteiger partial charge in [0.1, 0.15) is 11.8 Å². The van der Waals surface area contributed by atoms with Crippen molar-refractivity contribution >= 4 is 6.16 Å². The van der Waals surface area contributed by atoms with Gasteiger partial charge in [0, 0.05) is 11.4 Å². The number of hydrogen-bond acceptors (Lipinski definition) is 4. The number of rotatable bonds is 3. The molecule has 0 bridgehead atoms. The summed E-state index contributed by atoms with van der Waals surface area (Å²) in [6, 6.07) is 8.29. The van der Waals surface area contributed by atoms with E-state index >= 15 is 0 Å². The molecule has 1 unspecified atom stereocenters. The molecule has 0 fully saturated rings. The number of aryl methyl sites for hydroxylation is 1. The molecule has 2 heterocycles. The van der Waals surface area contributed by atoms with E-state index < -0.39 is 12.3 Å². The minimum Gasteiger partial charge on any atom is -0.435 e. The van der Waals surface area contributed by atoms with Crippen molar-refractivity contribution in [2.75, 3.05) is 6.61 Å². The van der Waals surface area contributed by atoms with Crippen molar-refractivity contribution in [2.24, 2.45) is 0 Å². The van der Waals surface area contributed by atoms with Crippen LogP contribution < -0.4 is 0 Å². The summed E-state index contributed by atoms with van der Waals surface area (Å²) in [6.07, 6.45) is 2.60. The molecule has 0 saturated heterocycles. The summed E-state index contributed by atoms with van der Waals surface area (Å²) in [7, 11) is 0. The molecule has 0 N–H and O–H groups in total. The topological polar surface area (TPSA) is 53.4 Å². The molecule has 1 aliphatic rings. The average Bonchev–Trinajstić information content (AvgIpc) is 2.91. The summed E-state index contributed by atoms with van der Waals surface area (Å²) in [5, 5.41) is 0. The predicted octanol–water partition coefficient (Wildman–Crippen LogP) is 3.21. The number of para-hydroxylation sites is 1. The van der Waals surface area contributed by atoms with Gasteiger partial charge in [0.2, 0.25) is 0 Å². The van der Waals surface area contributed by atoms with Gasteiger partial charge in [-0.05, 0) is 38.3 Å². The van der Waals surface area contributed by atoms with Crippen LogP contribution in [0, 0.1) is 0 Å². The van der Waals surface area contributed by atoms with Crippen molar-refractivity contribution in [1.29, 1.82) is 0 Å². The molecule has 1 aliphatic heterocycles. The smallest absolute Gasteiger partial charge is 0.435 e. The second kappa shape index (κ2) is 5.60. The molecule has 0 spiro atoms. The first-order valence-electron chi connectivity index (χ1n) is 7.18. The third kappa shape index (κ3) is 2.51. The van der Waals surface area contributed by atoms with E-state index in [1.54, 1.807) is 13.3 Å². The minimum atomic E-state index is -0.650. The quantitative estimate of drug-likeness (QED) is 0.813. The maximum absolute atomic E-state index is 11.4. The van der Waals surface area contributed by atoms with E-state index in [1.165, 1.54) is 5.56 Å². The van der Waals surface area contributed by atoms with E-state index in [9.17, 15) is 4.79 Å². The fourth-order valence-corrected chi connectivity index (χ4v) is 2.75. The first-order valence-corrected chi connectivity index (χ1v) is 7.18. The Labute approximate surface area is 123 Å². The first kappa shape index (κ1) is 13.7. The van der Waals surface area contributed by atoms with Crippen molar-refractivity contribution in [3.8, 4) is 5.69 Å². The Kier molecular flexibility index (Phi) is 3.64. The molecule has 21 heavy (non-hydrogen) atoms. The van der Waals surface area contributed by atoms with Crippen molar-refractivity contribution < 1.29 is 14.3 Å². The standard InChI is InChI=1S/C16H18N2O3/c1-3-20-16(19)21-11(2)15-14-9-8-12-6-4-5-7-13(12)18(14)10-17-15/h4-7,10-11H,3,8-9H2,1-2H3. The van der Waals surface area contributed by atoms with E-state index in [-0.39, 0.29) is 0 Å². The van der Waals surface area contributed by atoms with E-state index in [0.29, 0.717) is 6.61 Å². The number of ether oxygens (including phenoxy) is 2. The van der Waals surface area contributed by atoms with Crippen molar-refractivity contribution in [1.82, 2.24) is 9.55 Å². The van der Waals surface area contributed by atoms with E-state index in [1.807, 2.05) is 19.1 Å². The van der Waals surface area contributed by atoms with Gasteiger partial charge >= 0.3 is 6.16 Å². The normalized spacial score (nSPS) is 14.0. The van der Waals surface area contributed by atoms with Gasteiger partial charge in [-0.2, -0.15) is 0 Å². The molecule has 1 aromatic heterocycles. The van der Waals surface area contributed by atoms with Crippen LogP contribution in [0.25, 0.3) is 5.69 Å². The van der Waals surface area contributed by atoms with Gasteiger partial charge < -0.3 is 14.0 Å². The summed E-state index contributed by atoms with van der Waals surface area (Å²) < 4.78 is 12.1. The highest BCUT2D eigenvalue weighted by Gasteiger charge is 2.24. The Balaban J connectivity index is 1.88. The van der Waals surface area contributed by atoms with Crippen LogP contribution in [-0.2, 0) is 22.3 Å². The molecule has 0 radical (unpaired) electrons. The number of aromatic nitrogens is 2. The maximum atomic E-state index is 11.4. The van der Waals surface area contributed by atoms with Crippen molar-refractivity contribution in [2.45, 2.75) is 32.8 Å². The van der Waals surface area contributed by atoms with Gasteiger partial charge in [0.15, 0.2) is 0 Å². The van der Waals surface area contributed by atoms with Gasteiger partial charge in [-0.1, -0.05) is 18.2 Å². The van der Waals surface area contributed by atoms with E-state index in [0.717, 1.165) is 29.9 Å². The Morgan fingerprint density at radius 1 is 1.38 bits per heavy atom. The van der Waals surface area contributed by atoms with Crippen LogP contribution in [-0.4, -0.2) is 22.3 Å². The molecule has 2 aromatic rings.